The maximum absolute atomic E-state index is 17.1. The van der Waals surface area contributed by atoms with Crippen LogP contribution >= 0.6 is 0 Å². The fourth-order valence-electron chi connectivity index (χ4n) is 8.19. The highest BCUT2D eigenvalue weighted by molar-refractivity contribution is 6.04. The molecule has 0 amide bonds. The number of phenols is 1. The number of aromatic hydroxyl groups is 1. The Balaban J connectivity index is 1.35. The summed E-state index contributed by atoms with van der Waals surface area (Å²) in [6, 6.07) is 5.07. The van der Waals surface area contributed by atoms with Gasteiger partial charge in [0, 0.05) is 48.6 Å². The summed E-state index contributed by atoms with van der Waals surface area (Å²) in [5.41, 5.74) is -0.946. The Morgan fingerprint density at radius 2 is 1.86 bits per heavy atom. The van der Waals surface area contributed by atoms with Crippen molar-refractivity contribution >= 4 is 27.5 Å². The Bertz CT molecular complexity index is 2000. The van der Waals surface area contributed by atoms with Crippen LogP contribution < -0.4 is 14.4 Å². The Labute approximate surface area is 291 Å². The number of fused-ring (bicyclic) bond motifs is 3. The molecule has 0 unspecified atom stereocenters. The average molecular weight is 712 g/mol. The number of likely N-dealkylation sites (tertiary alicyclic amines) is 1. The van der Waals surface area contributed by atoms with E-state index in [2.05, 4.69) is 15.9 Å². The number of phenolic OH excluding ortho intramolecular Hbond substituents is 1. The van der Waals surface area contributed by atoms with Crippen molar-refractivity contribution in [2.24, 2.45) is 5.41 Å². The van der Waals surface area contributed by atoms with Gasteiger partial charge in [0.05, 0.1) is 32.3 Å². The second-order valence-electron chi connectivity index (χ2n) is 13.5. The third kappa shape index (κ3) is 6.69. The largest absolute Gasteiger partial charge is 0.508 e. The van der Waals surface area contributed by atoms with Gasteiger partial charge in [-0.1, -0.05) is 18.4 Å². The van der Waals surface area contributed by atoms with E-state index in [0.29, 0.717) is 50.5 Å². The number of methoxy groups -OCH3 is 1. The van der Waals surface area contributed by atoms with Crippen molar-refractivity contribution in [3.63, 3.8) is 0 Å². The maximum Gasteiger partial charge on any atom is 0.390 e. The number of benzene rings is 2. The molecule has 9 nitrogen and oxygen atoms in total. The molecule has 2 saturated heterocycles. The molecule has 2 atom stereocenters. The molecule has 2 aromatic carbocycles. The molecule has 51 heavy (non-hydrogen) atoms. The van der Waals surface area contributed by atoms with Crippen LogP contribution in [-0.2, 0) is 4.74 Å². The number of pyridine rings is 1. The van der Waals surface area contributed by atoms with E-state index in [1.165, 1.54) is 31.4 Å². The van der Waals surface area contributed by atoms with Gasteiger partial charge in [-0.05, 0) is 62.2 Å². The molecule has 1 N–H and O–H groups in total. The van der Waals surface area contributed by atoms with Crippen molar-refractivity contribution in [1.82, 2.24) is 19.9 Å². The van der Waals surface area contributed by atoms with Crippen LogP contribution in [0.25, 0.3) is 32.9 Å². The number of nitrogens with zero attached hydrogens (tertiary/aromatic N) is 5. The van der Waals surface area contributed by atoms with E-state index < -0.39 is 29.6 Å². The molecule has 3 aliphatic rings. The molecule has 4 aromatic rings. The number of terminal acetylenes is 1. The van der Waals surface area contributed by atoms with E-state index in [0.717, 1.165) is 32.1 Å². The first kappa shape index (κ1) is 34.9. The normalized spacial score (nSPS) is 21.4. The Morgan fingerprint density at radius 3 is 2.65 bits per heavy atom. The topological polar surface area (TPSA) is 93.1 Å². The van der Waals surface area contributed by atoms with Gasteiger partial charge in [0.25, 0.3) is 0 Å². The van der Waals surface area contributed by atoms with Crippen molar-refractivity contribution in [2.75, 3.05) is 58.0 Å². The maximum atomic E-state index is 17.1. The molecule has 0 radical (unpaired) electrons. The zero-order chi connectivity index (χ0) is 35.9. The predicted octanol–water partition coefficient (Wildman–Crippen LogP) is 7.01. The summed E-state index contributed by atoms with van der Waals surface area (Å²) in [5, 5.41) is 11.4. The number of ether oxygens (including phenoxy) is 3. The lowest BCUT2D eigenvalue weighted by atomic mass is 9.75. The molecule has 0 spiro atoms. The highest BCUT2D eigenvalue weighted by Gasteiger charge is 2.49. The average Bonchev–Trinajstić information content (AvgIpc) is 3.36. The molecule has 1 saturated carbocycles. The van der Waals surface area contributed by atoms with Crippen molar-refractivity contribution < 1.29 is 41.3 Å². The molecule has 2 aromatic heterocycles. The van der Waals surface area contributed by atoms with E-state index in [4.69, 9.17) is 25.6 Å². The quantitative estimate of drug-likeness (QED) is 0.153. The van der Waals surface area contributed by atoms with Gasteiger partial charge in [-0.25, -0.2) is 13.8 Å². The molecule has 2 aliphatic heterocycles. The number of rotatable bonds is 8. The third-order valence-corrected chi connectivity index (χ3v) is 10.5. The monoisotopic (exact) mass is 711 g/mol. The minimum absolute atomic E-state index is 0.00898. The molecular weight excluding hydrogens is 673 g/mol. The number of piperidine rings is 1. The first-order valence-electron chi connectivity index (χ1n) is 17.2. The van der Waals surface area contributed by atoms with E-state index in [-0.39, 0.29) is 69.9 Å². The first-order chi connectivity index (χ1) is 24.5. The predicted molar refractivity (Wildman–Crippen MR) is 181 cm³/mol. The number of aromatic nitrogens is 3. The Hall–Kier alpha value is -4.48. The molecular formula is C37H38F5N5O4. The van der Waals surface area contributed by atoms with Crippen molar-refractivity contribution in [3.05, 3.63) is 41.5 Å². The van der Waals surface area contributed by atoms with Crippen LogP contribution in [-0.4, -0.2) is 90.3 Å². The number of anilines is 1. The van der Waals surface area contributed by atoms with E-state index in [1.54, 1.807) is 0 Å². The zero-order valence-electron chi connectivity index (χ0n) is 28.2. The molecule has 1 aliphatic carbocycles. The van der Waals surface area contributed by atoms with Crippen LogP contribution in [0.1, 0.15) is 50.5 Å². The van der Waals surface area contributed by atoms with Gasteiger partial charge in [0.1, 0.15) is 34.0 Å². The molecule has 3 fully saturated rings. The molecule has 0 bridgehead atoms. The van der Waals surface area contributed by atoms with Gasteiger partial charge in [-0.2, -0.15) is 23.1 Å². The summed E-state index contributed by atoms with van der Waals surface area (Å²) in [6.45, 7) is 2.55. The second kappa shape index (κ2) is 13.9. The van der Waals surface area contributed by atoms with Crippen LogP contribution in [0.2, 0.25) is 0 Å². The van der Waals surface area contributed by atoms with Gasteiger partial charge < -0.3 is 24.2 Å². The Morgan fingerprint density at radius 1 is 1.04 bits per heavy atom. The van der Waals surface area contributed by atoms with Crippen LogP contribution in [0.15, 0.2) is 24.3 Å². The molecule has 4 heterocycles. The van der Waals surface area contributed by atoms with Crippen molar-refractivity contribution in [3.8, 4) is 41.2 Å². The zero-order valence-corrected chi connectivity index (χ0v) is 28.2. The summed E-state index contributed by atoms with van der Waals surface area (Å²) in [7, 11) is 1.38. The molecule has 270 valence electrons. The van der Waals surface area contributed by atoms with Crippen LogP contribution in [0, 0.1) is 29.4 Å². The van der Waals surface area contributed by atoms with E-state index in [1.807, 2.05) is 9.80 Å². The number of alkyl halides is 3. The van der Waals surface area contributed by atoms with Crippen molar-refractivity contribution in [2.45, 2.75) is 57.2 Å². The summed E-state index contributed by atoms with van der Waals surface area (Å²) >= 11 is 0. The van der Waals surface area contributed by atoms with Gasteiger partial charge in [-0.15, -0.1) is 6.42 Å². The fourth-order valence-corrected chi connectivity index (χ4v) is 8.19. The van der Waals surface area contributed by atoms with Crippen LogP contribution in [0.5, 0.6) is 17.6 Å². The van der Waals surface area contributed by atoms with E-state index in [9.17, 15) is 22.7 Å². The van der Waals surface area contributed by atoms with E-state index >= 15 is 4.39 Å². The summed E-state index contributed by atoms with van der Waals surface area (Å²) in [6.07, 6.45) is 5.15. The first-order valence-corrected chi connectivity index (χ1v) is 17.2. The van der Waals surface area contributed by atoms with Crippen molar-refractivity contribution in [1.29, 1.82) is 0 Å². The Kier molecular flexibility index (Phi) is 9.54. The van der Waals surface area contributed by atoms with Gasteiger partial charge in [0.15, 0.2) is 5.82 Å². The lowest BCUT2D eigenvalue weighted by Crippen LogP contribution is -2.52. The molecule has 7 rings (SSSR count). The van der Waals surface area contributed by atoms with Gasteiger partial charge in [0.2, 0.25) is 5.88 Å². The molecule has 14 heteroatoms. The van der Waals surface area contributed by atoms with Gasteiger partial charge >= 0.3 is 12.2 Å². The highest BCUT2D eigenvalue weighted by atomic mass is 19.4. The fraction of sp³-hybridized carbons (Fsp3) is 0.486. The number of hydrogen-bond donors (Lipinski definition) is 1. The smallest absolute Gasteiger partial charge is 0.390 e. The second-order valence-corrected chi connectivity index (χ2v) is 13.5. The minimum Gasteiger partial charge on any atom is -0.508 e. The summed E-state index contributed by atoms with van der Waals surface area (Å²) in [4.78, 5) is 17.7. The highest BCUT2D eigenvalue weighted by Crippen LogP contribution is 2.49. The lowest BCUT2D eigenvalue weighted by molar-refractivity contribution is -0.142. The summed E-state index contributed by atoms with van der Waals surface area (Å²) < 4.78 is 89.3. The SMILES string of the molecule is C#Cc1c(F)ccc2cc(O)cc(-c3nc(OC)c4c(N5CCCOCC5)nc(OC[C@]56CCC[C@H]5N(CCC(F)(F)F)CCC6)nc4c3F)c12. The van der Waals surface area contributed by atoms with Crippen LogP contribution in [0.4, 0.5) is 27.8 Å². The minimum atomic E-state index is -4.25. The lowest BCUT2D eigenvalue weighted by Gasteiger charge is -2.46. The summed E-state index contributed by atoms with van der Waals surface area (Å²) in [5.74, 6) is 0.852. The van der Waals surface area contributed by atoms with Crippen LogP contribution in [0.3, 0.4) is 0 Å². The van der Waals surface area contributed by atoms with Gasteiger partial charge in [-0.3, -0.25) is 4.90 Å². The third-order valence-electron chi connectivity index (χ3n) is 10.5. The number of halogens is 5. The number of hydrogen-bond acceptors (Lipinski definition) is 9. The standard InChI is InChI=1S/C37H38F5N5O4/c1-3-24-26(38)9-8-22-19-23(48)20-25(28(22)24)31-30(39)32-29(34(43-31)49-2)33(47-14-6-17-50-18-16-47)45-35(44-32)51-21-36-10-4-7-27(36)46(13-5-11-36)15-12-37(40,41)42/h1,8-9,19-20,27,48H,4-7,10-18,21H2,2H3/t27-,36-/m1/s1.